The van der Waals surface area contributed by atoms with Crippen LogP contribution in [0.2, 0.25) is 0 Å². The van der Waals surface area contributed by atoms with Gasteiger partial charge in [-0.2, -0.15) is 0 Å². The fourth-order valence-corrected chi connectivity index (χ4v) is 1.93. The number of halogens is 1. The van der Waals surface area contributed by atoms with E-state index < -0.39 is 10.7 Å². The van der Waals surface area contributed by atoms with Crippen molar-refractivity contribution < 1.29 is 14.1 Å². The highest BCUT2D eigenvalue weighted by Crippen LogP contribution is 2.38. The molecule has 0 unspecified atom stereocenters. The van der Waals surface area contributed by atoms with Crippen LogP contribution in [-0.4, -0.2) is 11.5 Å². The molecule has 0 heterocycles. The Morgan fingerprint density at radius 3 is 2.71 bits per heavy atom. The van der Waals surface area contributed by atoms with Crippen LogP contribution in [0, 0.1) is 22.9 Å². The number of hydrogen-bond donors (Lipinski definition) is 1. The number of aryl methyl sites for hydroxylation is 1. The summed E-state index contributed by atoms with van der Waals surface area (Å²) in [6, 6.07) is 9.02. The van der Waals surface area contributed by atoms with Crippen LogP contribution in [0.4, 0.5) is 15.8 Å². The van der Waals surface area contributed by atoms with Gasteiger partial charge in [-0.05, 0) is 43.7 Å². The molecule has 0 spiro atoms. The average Bonchev–Trinajstić information content (AvgIpc) is 2.43. The maximum Gasteiger partial charge on any atom is 0.334 e. The standard InChI is InChI=1S/C15H15FN2O3/c1-3-17-12-5-4-6-13(15(12)18(19)20)21-14-9-10(2)7-8-11(14)16/h4-9,17H,3H2,1-2H3. The van der Waals surface area contributed by atoms with E-state index in [2.05, 4.69) is 5.32 Å². The molecule has 2 aromatic carbocycles. The second-order valence-electron chi connectivity index (χ2n) is 4.48. The van der Waals surface area contributed by atoms with Gasteiger partial charge < -0.3 is 10.1 Å². The maximum atomic E-state index is 13.7. The zero-order valence-electron chi connectivity index (χ0n) is 11.7. The Morgan fingerprint density at radius 2 is 2.05 bits per heavy atom. The predicted molar refractivity (Wildman–Crippen MR) is 78.5 cm³/mol. The maximum absolute atomic E-state index is 13.7. The minimum Gasteiger partial charge on any atom is -0.447 e. The Balaban J connectivity index is 2.46. The summed E-state index contributed by atoms with van der Waals surface area (Å²) in [5.74, 6) is -0.599. The summed E-state index contributed by atoms with van der Waals surface area (Å²) in [5.41, 5.74) is 0.935. The first kappa shape index (κ1) is 14.8. The first-order valence-electron chi connectivity index (χ1n) is 6.48. The monoisotopic (exact) mass is 290 g/mol. The Hall–Kier alpha value is -2.63. The molecule has 21 heavy (non-hydrogen) atoms. The topological polar surface area (TPSA) is 64.4 Å². The molecule has 0 aliphatic carbocycles. The van der Waals surface area contributed by atoms with Crippen molar-refractivity contribution in [3.05, 3.63) is 57.9 Å². The summed E-state index contributed by atoms with van der Waals surface area (Å²) in [7, 11) is 0. The number of benzene rings is 2. The molecule has 0 atom stereocenters. The van der Waals surface area contributed by atoms with E-state index in [1.807, 2.05) is 6.92 Å². The van der Waals surface area contributed by atoms with Crippen molar-refractivity contribution in [3.63, 3.8) is 0 Å². The van der Waals surface area contributed by atoms with Gasteiger partial charge in [0.2, 0.25) is 5.75 Å². The molecule has 110 valence electrons. The average molecular weight is 290 g/mol. The molecule has 2 rings (SSSR count). The fourth-order valence-electron chi connectivity index (χ4n) is 1.93. The number of nitrogens with one attached hydrogen (secondary N) is 1. The van der Waals surface area contributed by atoms with Crippen molar-refractivity contribution in [1.82, 2.24) is 0 Å². The lowest BCUT2D eigenvalue weighted by Crippen LogP contribution is -2.03. The molecule has 0 fully saturated rings. The second kappa shape index (κ2) is 6.21. The van der Waals surface area contributed by atoms with Crippen molar-refractivity contribution in [1.29, 1.82) is 0 Å². The largest absolute Gasteiger partial charge is 0.447 e. The molecule has 1 N–H and O–H groups in total. The molecule has 0 saturated heterocycles. The quantitative estimate of drug-likeness (QED) is 0.660. The van der Waals surface area contributed by atoms with Crippen LogP contribution < -0.4 is 10.1 Å². The number of para-hydroxylation sites is 1. The number of nitro groups is 1. The first-order chi connectivity index (χ1) is 10.0. The highest BCUT2D eigenvalue weighted by molar-refractivity contribution is 5.69. The molecular weight excluding hydrogens is 275 g/mol. The van der Waals surface area contributed by atoms with Gasteiger partial charge in [-0.1, -0.05) is 12.1 Å². The molecule has 6 heteroatoms. The number of rotatable bonds is 5. The van der Waals surface area contributed by atoms with Crippen LogP contribution >= 0.6 is 0 Å². The molecule has 0 radical (unpaired) electrons. The first-order valence-corrected chi connectivity index (χ1v) is 6.48. The number of anilines is 1. The van der Waals surface area contributed by atoms with Gasteiger partial charge in [0.25, 0.3) is 0 Å². The molecular formula is C15H15FN2O3. The van der Waals surface area contributed by atoms with Gasteiger partial charge in [-0.15, -0.1) is 0 Å². The molecule has 0 aliphatic heterocycles. The third-order valence-corrected chi connectivity index (χ3v) is 2.86. The molecule has 5 nitrogen and oxygen atoms in total. The lowest BCUT2D eigenvalue weighted by Gasteiger charge is -2.11. The normalized spacial score (nSPS) is 10.2. The lowest BCUT2D eigenvalue weighted by atomic mass is 10.2. The van der Waals surface area contributed by atoms with Crippen molar-refractivity contribution >= 4 is 11.4 Å². The number of hydrogen-bond acceptors (Lipinski definition) is 4. The zero-order valence-corrected chi connectivity index (χ0v) is 11.7. The van der Waals surface area contributed by atoms with Crippen molar-refractivity contribution in [3.8, 4) is 11.5 Å². The Labute approximate surface area is 121 Å². The molecule has 0 aliphatic rings. The van der Waals surface area contributed by atoms with Gasteiger partial charge in [0, 0.05) is 6.54 Å². The molecule has 2 aromatic rings. The van der Waals surface area contributed by atoms with Gasteiger partial charge in [-0.3, -0.25) is 10.1 Å². The zero-order chi connectivity index (χ0) is 15.4. The van der Waals surface area contributed by atoms with E-state index >= 15 is 0 Å². The minimum atomic E-state index is -0.566. The van der Waals surface area contributed by atoms with E-state index in [-0.39, 0.29) is 17.2 Å². The third-order valence-electron chi connectivity index (χ3n) is 2.86. The van der Waals surface area contributed by atoms with Crippen molar-refractivity contribution in [2.75, 3.05) is 11.9 Å². The predicted octanol–water partition coefficient (Wildman–Crippen LogP) is 4.27. The van der Waals surface area contributed by atoms with Gasteiger partial charge in [-0.25, -0.2) is 4.39 Å². The van der Waals surface area contributed by atoms with Crippen LogP contribution in [0.25, 0.3) is 0 Å². The van der Waals surface area contributed by atoms with E-state index in [0.717, 1.165) is 5.56 Å². The molecule has 0 aromatic heterocycles. The highest BCUT2D eigenvalue weighted by atomic mass is 19.1. The Kier molecular flexibility index (Phi) is 4.37. The smallest absolute Gasteiger partial charge is 0.334 e. The van der Waals surface area contributed by atoms with Gasteiger partial charge in [0.15, 0.2) is 11.6 Å². The minimum absolute atomic E-state index is 0.00273. The van der Waals surface area contributed by atoms with Crippen LogP contribution in [0.5, 0.6) is 11.5 Å². The van der Waals surface area contributed by atoms with Crippen molar-refractivity contribution in [2.24, 2.45) is 0 Å². The lowest BCUT2D eigenvalue weighted by molar-refractivity contribution is -0.384. The molecule has 0 amide bonds. The van der Waals surface area contributed by atoms with Gasteiger partial charge in [0.05, 0.1) is 4.92 Å². The summed E-state index contributed by atoms with van der Waals surface area (Å²) >= 11 is 0. The molecule has 0 bridgehead atoms. The number of nitrogens with zero attached hydrogens (tertiary/aromatic N) is 1. The molecule has 0 saturated carbocycles. The summed E-state index contributed by atoms with van der Waals surface area (Å²) in [6.45, 7) is 4.15. The summed E-state index contributed by atoms with van der Waals surface area (Å²) in [4.78, 5) is 10.7. The van der Waals surface area contributed by atoms with E-state index in [0.29, 0.717) is 12.2 Å². The fraction of sp³-hybridized carbons (Fsp3) is 0.200. The van der Waals surface area contributed by atoms with Gasteiger partial charge in [0.1, 0.15) is 5.69 Å². The van der Waals surface area contributed by atoms with Gasteiger partial charge >= 0.3 is 5.69 Å². The summed E-state index contributed by atoms with van der Waals surface area (Å²) < 4.78 is 19.1. The summed E-state index contributed by atoms with van der Waals surface area (Å²) in [6.07, 6.45) is 0. The third kappa shape index (κ3) is 3.28. The van der Waals surface area contributed by atoms with Crippen LogP contribution in [0.3, 0.4) is 0 Å². The second-order valence-corrected chi connectivity index (χ2v) is 4.48. The number of ether oxygens (including phenoxy) is 1. The van der Waals surface area contributed by atoms with E-state index in [9.17, 15) is 14.5 Å². The van der Waals surface area contributed by atoms with Crippen LogP contribution in [0.15, 0.2) is 36.4 Å². The Morgan fingerprint density at radius 1 is 1.29 bits per heavy atom. The summed E-state index contributed by atoms with van der Waals surface area (Å²) in [5, 5.41) is 14.1. The number of nitro benzene ring substituents is 1. The van der Waals surface area contributed by atoms with E-state index in [1.54, 1.807) is 25.1 Å². The SMILES string of the molecule is CCNc1cccc(Oc2cc(C)ccc2F)c1[N+](=O)[O-]. The van der Waals surface area contributed by atoms with Crippen molar-refractivity contribution in [2.45, 2.75) is 13.8 Å². The van der Waals surface area contributed by atoms with Crippen LogP contribution in [-0.2, 0) is 0 Å². The van der Waals surface area contributed by atoms with E-state index in [1.165, 1.54) is 18.2 Å². The van der Waals surface area contributed by atoms with E-state index in [4.69, 9.17) is 4.74 Å². The highest BCUT2D eigenvalue weighted by Gasteiger charge is 2.22. The Bertz CT molecular complexity index is 674. The van der Waals surface area contributed by atoms with Crippen LogP contribution in [0.1, 0.15) is 12.5 Å².